The zero-order valence-electron chi connectivity index (χ0n) is 19.0. The fourth-order valence-corrected chi connectivity index (χ4v) is 6.84. The topological polar surface area (TPSA) is 78.0 Å². The van der Waals surface area contributed by atoms with Crippen molar-refractivity contribution >= 4 is 26.3 Å². The van der Waals surface area contributed by atoms with Gasteiger partial charge in [-0.25, -0.2) is 13.4 Å². The number of piperidine rings is 1. The summed E-state index contributed by atoms with van der Waals surface area (Å²) in [6.45, 7) is 1.28. The Morgan fingerprint density at radius 2 is 1.73 bits per heavy atom. The van der Waals surface area contributed by atoms with E-state index in [4.69, 9.17) is 19.2 Å². The third-order valence-electron chi connectivity index (χ3n) is 5.89. The van der Waals surface area contributed by atoms with Crippen LogP contribution in [-0.4, -0.2) is 53.1 Å². The Balaban J connectivity index is 1.43. The van der Waals surface area contributed by atoms with Crippen molar-refractivity contribution in [1.82, 2.24) is 4.98 Å². The highest BCUT2D eigenvalue weighted by molar-refractivity contribution is 7.92. The molecule has 0 radical (unpaired) electrons. The maximum absolute atomic E-state index is 13.4. The second-order valence-electron chi connectivity index (χ2n) is 7.90. The van der Waals surface area contributed by atoms with Gasteiger partial charge in [-0.05, 0) is 42.7 Å². The van der Waals surface area contributed by atoms with E-state index in [2.05, 4.69) is 16.3 Å². The van der Waals surface area contributed by atoms with Crippen molar-refractivity contribution in [2.45, 2.75) is 29.4 Å². The molecular weight excluding hydrogens is 460 g/mol. The van der Waals surface area contributed by atoms with Crippen LogP contribution in [0.5, 0.6) is 17.2 Å². The predicted octanol–water partition coefficient (Wildman–Crippen LogP) is 4.20. The summed E-state index contributed by atoms with van der Waals surface area (Å²) in [5.41, 5.74) is 2.14. The average Bonchev–Trinajstić information content (AvgIpc) is 3.32. The van der Waals surface area contributed by atoms with Gasteiger partial charge >= 0.3 is 0 Å². The molecule has 0 aliphatic carbocycles. The molecule has 3 aromatic rings. The number of sulfone groups is 1. The van der Waals surface area contributed by atoms with E-state index in [9.17, 15) is 8.42 Å². The lowest BCUT2D eigenvalue weighted by Gasteiger charge is -2.31. The van der Waals surface area contributed by atoms with Crippen LogP contribution in [0, 0.1) is 0 Å². The molecule has 0 unspecified atom stereocenters. The largest absolute Gasteiger partial charge is 0.497 e. The molecule has 0 amide bonds. The Labute approximate surface area is 198 Å². The van der Waals surface area contributed by atoms with Gasteiger partial charge in [0, 0.05) is 31.0 Å². The summed E-state index contributed by atoms with van der Waals surface area (Å²) in [5.74, 6) is 1.68. The molecule has 0 spiro atoms. The Morgan fingerprint density at radius 3 is 2.42 bits per heavy atom. The van der Waals surface area contributed by atoms with E-state index in [0.717, 1.165) is 28.6 Å². The molecule has 0 N–H and O–H groups in total. The summed E-state index contributed by atoms with van der Waals surface area (Å²) in [6.07, 6.45) is 1.80. The summed E-state index contributed by atoms with van der Waals surface area (Å²) in [6, 6.07) is 12.9. The second-order valence-corrected chi connectivity index (χ2v) is 10.9. The number of thiazole rings is 1. The Morgan fingerprint density at radius 1 is 1.00 bits per heavy atom. The Hall–Kier alpha value is -2.78. The zero-order valence-corrected chi connectivity index (χ0v) is 20.6. The highest BCUT2D eigenvalue weighted by Gasteiger charge is 2.34. The fourth-order valence-electron chi connectivity index (χ4n) is 4.06. The van der Waals surface area contributed by atoms with Gasteiger partial charge < -0.3 is 19.1 Å². The first-order chi connectivity index (χ1) is 15.9. The van der Waals surface area contributed by atoms with Gasteiger partial charge in [0.1, 0.15) is 22.1 Å². The van der Waals surface area contributed by atoms with Gasteiger partial charge in [0.15, 0.2) is 15.0 Å². The van der Waals surface area contributed by atoms with Crippen LogP contribution >= 0.6 is 11.3 Å². The first kappa shape index (κ1) is 23.4. The normalized spacial score (nSPS) is 14.8. The van der Waals surface area contributed by atoms with Crippen molar-refractivity contribution in [3.63, 3.8) is 0 Å². The summed E-state index contributed by atoms with van der Waals surface area (Å²) >= 11 is 1.60. The summed E-state index contributed by atoms with van der Waals surface area (Å²) in [4.78, 5) is 7.17. The maximum Gasteiger partial charge on any atom is 0.185 e. The molecule has 7 nitrogen and oxygen atoms in total. The first-order valence-corrected chi connectivity index (χ1v) is 13.2. The number of benzene rings is 2. The fraction of sp³-hybridized carbons (Fsp3) is 0.375. The van der Waals surface area contributed by atoms with Gasteiger partial charge in [-0.2, -0.15) is 0 Å². The van der Waals surface area contributed by atoms with Crippen LogP contribution in [0.25, 0.3) is 0 Å². The molecule has 1 aliphatic heterocycles. The molecule has 1 aromatic heterocycles. The van der Waals surface area contributed by atoms with Gasteiger partial charge in [0.05, 0.1) is 32.3 Å². The summed E-state index contributed by atoms with van der Waals surface area (Å²) in [5, 5.41) is 2.53. The molecule has 1 saturated heterocycles. The Bertz CT molecular complexity index is 1200. The van der Waals surface area contributed by atoms with Crippen LogP contribution < -0.4 is 19.1 Å². The van der Waals surface area contributed by atoms with Crippen LogP contribution in [0.15, 0.2) is 52.7 Å². The molecule has 1 fully saturated rings. The molecule has 2 aromatic carbocycles. The van der Waals surface area contributed by atoms with Crippen molar-refractivity contribution in [3.8, 4) is 17.2 Å². The second kappa shape index (κ2) is 10.0. The number of methoxy groups -OCH3 is 3. The minimum Gasteiger partial charge on any atom is -0.497 e. The van der Waals surface area contributed by atoms with Crippen molar-refractivity contribution in [2.24, 2.45) is 0 Å². The number of hydrogen-bond donors (Lipinski definition) is 0. The van der Waals surface area contributed by atoms with Crippen LogP contribution in [0.1, 0.15) is 24.1 Å². The predicted molar refractivity (Wildman–Crippen MR) is 130 cm³/mol. The smallest absolute Gasteiger partial charge is 0.185 e. The van der Waals surface area contributed by atoms with Crippen molar-refractivity contribution in [2.75, 3.05) is 39.3 Å². The SMILES string of the molecule is COc1cccc(Cc2csc(N3CCC(S(=O)(=O)c4cc(OC)ccc4OC)CC3)n2)c1. The molecule has 4 rings (SSSR count). The van der Waals surface area contributed by atoms with E-state index in [0.29, 0.717) is 37.4 Å². The minimum atomic E-state index is -3.55. The van der Waals surface area contributed by atoms with E-state index in [1.165, 1.54) is 14.2 Å². The molecule has 9 heteroatoms. The van der Waals surface area contributed by atoms with Crippen molar-refractivity contribution in [1.29, 1.82) is 0 Å². The maximum atomic E-state index is 13.4. The number of aromatic nitrogens is 1. The van der Waals surface area contributed by atoms with Crippen LogP contribution in [0.3, 0.4) is 0 Å². The molecule has 0 saturated carbocycles. The van der Waals surface area contributed by atoms with E-state index in [1.54, 1.807) is 36.6 Å². The molecule has 33 heavy (non-hydrogen) atoms. The lowest BCUT2D eigenvalue weighted by molar-refractivity contribution is 0.391. The molecule has 176 valence electrons. The van der Waals surface area contributed by atoms with Gasteiger partial charge in [-0.15, -0.1) is 11.3 Å². The summed E-state index contributed by atoms with van der Waals surface area (Å²) < 4.78 is 42.6. The van der Waals surface area contributed by atoms with E-state index >= 15 is 0 Å². The lowest BCUT2D eigenvalue weighted by atomic mass is 10.1. The lowest BCUT2D eigenvalue weighted by Crippen LogP contribution is -2.39. The van der Waals surface area contributed by atoms with E-state index in [-0.39, 0.29) is 4.90 Å². The van der Waals surface area contributed by atoms with Crippen LogP contribution in [0.2, 0.25) is 0 Å². The highest BCUT2D eigenvalue weighted by atomic mass is 32.2. The molecule has 2 heterocycles. The standard InChI is InChI=1S/C24H28N2O5S2/c1-29-19-6-4-5-17(14-19)13-18-16-32-24(25-18)26-11-9-21(10-12-26)33(27,28)23-15-20(30-2)7-8-22(23)31-3/h4-8,14-16,21H,9-13H2,1-3H3. The average molecular weight is 489 g/mol. The van der Waals surface area contributed by atoms with Crippen molar-refractivity contribution < 1.29 is 22.6 Å². The Kier molecular flexibility index (Phi) is 7.09. The minimum absolute atomic E-state index is 0.192. The number of anilines is 1. The van der Waals surface area contributed by atoms with Crippen molar-refractivity contribution in [3.05, 3.63) is 59.1 Å². The van der Waals surface area contributed by atoms with Gasteiger partial charge in [0.2, 0.25) is 0 Å². The van der Waals surface area contributed by atoms with Gasteiger partial charge in [-0.3, -0.25) is 0 Å². The molecule has 1 aliphatic rings. The number of rotatable bonds is 8. The number of ether oxygens (including phenoxy) is 3. The molecule has 0 atom stereocenters. The quantitative estimate of drug-likeness (QED) is 0.470. The third-order valence-corrected chi connectivity index (χ3v) is 9.12. The van der Waals surface area contributed by atoms with Gasteiger partial charge in [0.25, 0.3) is 0 Å². The van der Waals surface area contributed by atoms with E-state index in [1.807, 2.05) is 18.2 Å². The van der Waals surface area contributed by atoms with Crippen LogP contribution in [-0.2, 0) is 16.3 Å². The third kappa shape index (κ3) is 5.09. The number of nitrogens with zero attached hydrogens (tertiary/aromatic N) is 2. The molecule has 0 bridgehead atoms. The zero-order chi connectivity index (χ0) is 23.4. The van der Waals surface area contributed by atoms with E-state index < -0.39 is 15.1 Å². The highest BCUT2D eigenvalue weighted by Crippen LogP contribution is 2.35. The number of hydrogen-bond acceptors (Lipinski definition) is 8. The summed E-state index contributed by atoms with van der Waals surface area (Å²) in [7, 11) is 1.12. The monoisotopic (exact) mass is 488 g/mol. The van der Waals surface area contributed by atoms with Gasteiger partial charge in [-0.1, -0.05) is 12.1 Å². The van der Waals surface area contributed by atoms with Crippen LogP contribution in [0.4, 0.5) is 5.13 Å². The molecular formula is C24H28N2O5S2. The first-order valence-electron chi connectivity index (χ1n) is 10.7.